The zero-order valence-electron chi connectivity index (χ0n) is 20.9. The van der Waals surface area contributed by atoms with E-state index in [2.05, 4.69) is 0 Å². The summed E-state index contributed by atoms with van der Waals surface area (Å²) in [7, 11) is 0. The third-order valence-electron chi connectivity index (χ3n) is 4.18. The van der Waals surface area contributed by atoms with Crippen molar-refractivity contribution in [2.75, 3.05) is 0 Å². The standard InChI is InChI=1S/3C10H10O2.In/c3*1-8(11)7-10(12)9-5-3-2-4-6-9;/h3*2-7,12H,1H3;/q;;;+3/p-3. The van der Waals surface area contributed by atoms with Crippen LogP contribution in [0.4, 0.5) is 0 Å². The Labute approximate surface area is 236 Å². The molecule has 0 saturated heterocycles. The van der Waals surface area contributed by atoms with E-state index in [-0.39, 0.29) is 60.5 Å². The second kappa shape index (κ2) is 18.4. The van der Waals surface area contributed by atoms with E-state index in [4.69, 9.17) is 0 Å². The van der Waals surface area contributed by atoms with Crippen molar-refractivity contribution in [2.24, 2.45) is 0 Å². The van der Waals surface area contributed by atoms with Crippen LogP contribution < -0.4 is 15.3 Å². The van der Waals surface area contributed by atoms with E-state index < -0.39 is 0 Å². The summed E-state index contributed by atoms with van der Waals surface area (Å²) in [6, 6.07) is 26.2. The molecular weight excluding hydrogens is 571 g/mol. The topological polar surface area (TPSA) is 120 Å². The summed E-state index contributed by atoms with van der Waals surface area (Å²) in [6.45, 7) is 4.09. The minimum Gasteiger partial charge on any atom is -0.872 e. The second-order valence-corrected chi connectivity index (χ2v) is 7.46. The van der Waals surface area contributed by atoms with E-state index in [1.807, 2.05) is 18.2 Å². The molecule has 0 bridgehead atoms. The zero-order valence-corrected chi connectivity index (χ0v) is 24.2. The fourth-order valence-corrected chi connectivity index (χ4v) is 2.61. The molecule has 0 aromatic heterocycles. The molecule has 3 aromatic rings. The molecule has 0 aliphatic carbocycles. The summed E-state index contributed by atoms with van der Waals surface area (Å²) in [5.41, 5.74) is 1.65. The minimum absolute atomic E-state index is 0. The number of ketones is 3. The van der Waals surface area contributed by atoms with Crippen LogP contribution in [-0.2, 0) is 14.4 Å². The first-order valence-electron chi connectivity index (χ1n) is 10.9. The Bertz CT molecular complexity index is 1060. The average molecular weight is 598 g/mol. The van der Waals surface area contributed by atoms with Gasteiger partial charge in [0.05, 0.1) is 0 Å². The maximum Gasteiger partial charge on any atom is 3.00 e. The van der Waals surface area contributed by atoms with Crippen LogP contribution in [0, 0.1) is 0 Å². The Morgan fingerprint density at radius 3 is 0.811 bits per heavy atom. The van der Waals surface area contributed by atoms with Crippen LogP contribution in [0.2, 0.25) is 0 Å². The Hall–Kier alpha value is -3.84. The third-order valence-corrected chi connectivity index (χ3v) is 4.18. The Balaban J connectivity index is 0.000000518. The van der Waals surface area contributed by atoms with Crippen molar-refractivity contribution in [3.05, 3.63) is 126 Å². The molecule has 0 amide bonds. The first-order chi connectivity index (χ1) is 17.1. The van der Waals surface area contributed by atoms with Crippen molar-refractivity contribution in [1.82, 2.24) is 0 Å². The number of hydrogen-bond acceptors (Lipinski definition) is 6. The van der Waals surface area contributed by atoms with Crippen molar-refractivity contribution >= 4 is 60.5 Å². The van der Waals surface area contributed by atoms with Gasteiger partial charge in [-0.05, 0) is 55.7 Å². The van der Waals surface area contributed by atoms with Crippen molar-refractivity contribution in [3.8, 4) is 0 Å². The molecule has 7 heteroatoms. The minimum atomic E-state index is -0.233. The van der Waals surface area contributed by atoms with Gasteiger partial charge in [0.25, 0.3) is 0 Å². The normalized spacial score (nSPS) is 10.9. The summed E-state index contributed by atoms with van der Waals surface area (Å²) in [5.74, 6) is -1.36. The van der Waals surface area contributed by atoms with E-state index in [9.17, 15) is 29.7 Å². The van der Waals surface area contributed by atoms with E-state index in [1.165, 1.54) is 20.8 Å². The van der Waals surface area contributed by atoms with Crippen molar-refractivity contribution in [2.45, 2.75) is 20.8 Å². The Kier molecular flexibility index (Phi) is 16.5. The molecule has 37 heavy (non-hydrogen) atoms. The maximum absolute atomic E-state index is 11.2. The molecule has 186 valence electrons. The van der Waals surface area contributed by atoms with Crippen LogP contribution in [0.1, 0.15) is 37.5 Å². The molecular formula is C30H27InO6. The number of carbonyl (C=O) groups excluding carboxylic acids is 3. The first kappa shape index (κ1) is 33.2. The second-order valence-electron chi connectivity index (χ2n) is 7.46. The smallest absolute Gasteiger partial charge is 0.872 e. The fraction of sp³-hybridized carbons (Fsp3) is 0.100. The molecule has 6 nitrogen and oxygen atoms in total. The molecule has 0 spiro atoms. The largest absolute Gasteiger partial charge is 3.00 e. The van der Waals surface area contributed by atoms with E-state index >= 15 is 0 Å². The SMILES string of the molecule is CC(=O)C=C([O-])c1ccccc1.CC(=O)C=C([O-])c1ccccc1.CC(=O)C=C([O-])c1ccccc1.[In+3]. The maximum atomic E-state index is 11.2. The molecule has 0 N–H and O–H groups in total. The molecule has 0 saturated carbocycles. The van der Waals surface area contributed by atoms with Gasteiger partial charge in [0, 0.05) is 0 Å². The van der Waals surface area contributed by atoms with Gasteiger partial charge in [-0.2, -0.15) is 0 Å². The molecule has 0 aliphatic heterocycles. The van der Waals surface area contributed by atoms with Gasteiger partial charge in [0.2, 0.25) is 0 Å². The predicted octanol–water partition coefficient (Wildman–Crippen LogP) is 2.55. The van der Waals surface area contributed by atoms with E-state index in [0.29, 0.717) is 16.7 Å². The van der Waals surface area contributed by atoms with Crippen molar-refractivity contribution in [1.29, 1.82) is 0 Å². The third kappa shape index (κ3) is 15.0. The van der Waals surface area contributed by atoms with E-state index in [0.717, 1.165) is 18.2 Å². The fourth-order valence-electron chi connectivity index (χ4n) is 2.61. The Morgan fingerprint density at radius 1 is 0.459 bits per heavy atom. The van der Waals surface area contributed by atoms with Crippen LogP contribution in [0.25, 0.3) is 17.3 Å². The summed E-state index contributed by atoms with van der Waals surface area (Å²) in [4.78, 5) is 31.7. The summed E-state index contributed by atoms with van der Waals surface area (Å²) >= 11 is 0. The molecule has 0 heterocycles. The van der Waals surface area contributed by atoms with Gasteiger partial charge in [0.1, 0.15) is 0 Å². The quantitative estimate of drug-likeness (QED) is 0.318. The first-order valence-corrected chi connectivity index (χ1v) is 10.9. The molecule has 0 atom stereocenters. The number of allylic oxidation sites excluding steroid dienone is 3. The van der Waals surface area contributed by atoms with Gasteiger partial charge in [-0.1, -0.05) is 108 Å². The summed E-state index contributed by atoms with van der Waals surface area (Å²) in [5, 5.41) is 33.5. The zero-order chi connectivity index (χ0) is 26.9. The molecule has 0 unspecified atom stereocenters. The molecule has 0 radical (unpaired) electrons. The predicted molar refractivity (Wildman–Crippen MR) is 141 cm³/mol. The molecule has 0 aliphatic rings. The molecule has 3 rings (SSSR count). The van der Waals surface area contributed by atoms with Gasteiger partial charge >= 0.3 is 25.8 Å². The molecule has 0 fully saturated rings. The monoisotopic (exact) mass is 598 g/mol. The van der Waals surface area contributed by atoms with Crippen LogP contribution in [-0.4, -0.2) is 43.2 Å². The van der Waals surface area contributed by atoms with E-state index in [1.54, 1.807) is 72.8 Å². The molecule has 3 aromatic carbocycles. The van der Waals surface area contributed by atoms with Gasteiger partial charge in [-0.25, -0.2) is 0 Å². The van der Waals surface area contributed by atoms with Gasteiger partial charge in [-0.3, -0.25) is 14.4 Å². The number of hydrogen-bond donors (Lipinski definition) is 0. The summed E-state index contributed by atoms with van der Waals surface area (Å²) in [6.07, 6.45) is 3.28. The van der Waals surface area contributed by atoms with Crippen LogP contribution in [0.15, 0.2) is 109 Å². The van der Waals surface area contributed by atoms with Gasteiger partial charge < -0.3 is 15.3 Å². The van der Waals surface area contributed by atoms with Crippen LogP contribution >= 0.6 is 0 Å². The van der Waals surface area contributed by atoms with Crippen LogP contribution in [0.3, 0.4) is 0 Å². The average Bonchev–Trinajstić information content (AvgIpc) is 2.85. The van der Waals surface area contributed by atoms with Crippen LogP contribution in [0.5, 0.6) is 0 Å². The number of benzene rings is 3. The van der Waals surface area contributed by atoms with Crippen molar-refractivity contribution < 1.29 is 29.7 Å². The number of carbonyl (C=O) groups is 3. The Morgan fingerprint density at radius 2 is 0.649 bits per heavy atom. The van der Waals surface area contributed by atoms with Gasteiger partial charge in [0.15, 0.2) is 17.3 Å². The van der Waals surface area contributed by atoms with Gasteiger partial charge in [-0.15, -0.1) is 0 Å². The number of rotatable bonds is 6. The van der Waals surface area contributed by atoms with Crippen molar-refractivity contribution in [3.63, 3.8) is 0 Å². The summed E-state index contributed by atoms with van der Waals surface area (Å²) < 4.78 is 0.